The second-order valence-electron chi connectivity index (χ2n) is 4.81. The highest BCUT2D eigenvalue weighted by Crippen LogP contribution is 2.23. The zero-order valence-corrected chi connectivity index (χ0v) is 14.2. The third-order valence-electron chi connectivity index (χ3n) is 3.06. The Balaban J connectivity index is 1.72. The van der Waals surface area contributed by atoms with Crippen molar-refractivity contribution < 1.29 is 9.53 Å². The molecule has 0 aliphatic rings. The Kier molecular flexibility index (Phi) is 5.43. The lowest BCUT2D eigenvalue weighted by Gasteiger charge is -2.11. The second-order valence-corrected chi connectivity index (χ2v) is 5.59. The summed E-state index contributed by atoms with van der Waals surface area (Å²) in [6, 6.07) is 14.3. The summed E-state index contributed by atoms with van der Waals surface area (Å²) in [5.41, 5.74) is 5.79. The monoisotopic (exact) mass is 353 g/mol. The van der Waals surface area contributed by atoms with Gasteiger partial charge in [-0.05, 0) is 30.5 Å². The molecule has 2 aromatic heterocycles. The Bertz CT molecular complexity index is 846. The van der Waals surface area contributed by atoms with Gasteiger partial charge >= 0.3 is 0 Å². The molecule has 0 atom stereocenters. The standard InChI is InChI=1S/C17H15N5O2S/c1-25-17-19-14(21-22-16(23)12-6-5-9-18-11-12)10-15(20-17)24-13-7-3-2-4-8-13/h2-11H,1H3,(H,22,23)(H,19,20,21). The van der Waals surface area contributed by atoms with Crippen LogP contribution in [0, 0.1) is 0 Å². The largest absolute Gasteiger partial charge is 0.439 e. The van der Waals surface area contributed by atoms with E-state index in [2.05, 4.69) is 25.8 Å². The normalized spacial score (nSPS) is 10.1. The molecule has 0 spiro atoms. The second kappa shape index (κ2) is 8.11. The Morgan fingerprint density at radius 2 is 1.96 bits per heavy atom. The summed E-state index contributed by atoms with van der Waals surface area (Å²) in [6.07, 6.45) is 4.94. The lowest BCUT2D eigenvalue weighted by Crippen LogP contribution is -2.30. The summed E-state index contributed by atoms with van der Waals surface area (Å²) in [5.74, 6) is 1.15. The van der Waals surface area contributed by atoms with Crippen molar-refractivity contribution in [1.82, 2.24) is 20.4 Å². The van der Waals surface area contributed by atoms with Crippen LogP contribution < -0.4 is 15.6 Å². The molecule has 0 unspecified atom stereocenters. The number of nitrogens with one attached hydrogen (secondary N) is 2. The van der Waals surface area contributed by atoms with E-state index in [1.807, 2.05) is 36.6 Å². The first-order valence-electron chi connectivity index (χ1n) is 7.37. The quantitative estimate of drug-likeness (QED) is 0.400. The number of carbonyl (C=O) groups excluding carboxylic acids is 1. The number of ether oxygens (including phenoxy) is 1. The minimum atomic E-state index is -0.317. The summed E-state index contributed by atoms with van der Waals surface area (Å²) in [6.45, 7) is 0. The minimum absolute atomic E-state index is 0.317. The van der Waals surface area contributed by atoms with Gasteiger partial charge in [-0.2, -0.15) is 4.98 Å². The number of pyridine rings is 1. The molecule has 1 aromatic carbocycles. The van der Waals surface area contributed by atoms with E-state index in [-0.39, 0.29) is 5.91 Å². The van der Waals surface area contributed by atoms with E-state index < -0.39 is 0 Å². The number of carbonyl (C=O) groups is 1. The Labute approximate surface area is 148 Å². The third kappa shape index (κ3) is 4.67. The molecular formula is C17H15N5O2S. The third-order valence-corrected chi connectivity index (χ3v) is 3.61. The van der Waals surface area contributed by atoms with E-state index >= 15 is 0 Å². The highest BCUT2D eigenvalue weighted by atomic mass is 32.2. The molecule has 0 fully saturated rings. The molecule has 0 radical (unpaired) electrons. The number of amides is 1. The highest BCUT2D eigenvalue weighted by Gasteiger charge is 2.09. The SMILES string of the molecule is CSc1nc(NNC(=O)c2cccnc2)cc(Oc2ccccc2)n1. The van der Waals surface area contributed by atoms with Crippen molar-refractivity contribution >= 4 is 23.5 Å². The first-order valence-corrected chi connectivity index (χ1v) is 8.59. The van der Waals surface area contributed by atoms with Crippen molar-refractivity contribution in [2.75, 3.05) is 11.7 Å². The molecule has 25 heavy (non-hydrogen) atoms. The van der Waals surface area contributed by atoms with Crippen LogP contribution in [0.15, 0.2) is 66.1 Å². The predicted octanol–water partition coefficient (Wildman–Crippen LogP) is 3.14. The maximum absolute atomic E-state index is 12.1. The van der Waals surface area contributed by atoms with Crippen LogP contribution in [0.1, 0.15) is 10.4 Å². The van der Waals surface area contributed by atoms with Crippen LogP contribution in [-0.4, -0.2) is 27.1 Å². The molecule has 0 bridgehead atoms. The van der Waals surface area contributed by atoms with Crippen molar-refractivity contribution in [2.24, 2.45) is 0 Å². The molecule has 2 N–H and O–H groups in total. The summed E-state index contributed by atoms with van der Waals surface area (Å²) >= 11 is 1.37. The Hall–Kier alpha value is -3.13. The van der Waals surface area contributed by atoms with E-state index in [0.29, 0.717) is 28.2 Å². The van der Waals surface area contributed by atoms with E-state index in [9.17, 15) is 4.79 Å². The van der Waals surface area contributed by atoms with Gasteiger partial charge < -0.3 is 4.74 Å². The number of aromatic nitrogens is 3. The van der Waals surface area contributed by atoms with Gasteiger partial charge in [0.2, 0.25) is 5.88 Å². The van der Waals surface area contributed by atoms with Crippen molar-refractivity contribution in [3.63, 3.8) is 0 Å². The van der Waals surface area contributed by atoms with Crippen LogP contribution in [0.25, 0.3) is 0 Å². The molecule has 1 amide bonds. The smallest absolute Gasteiger partial charge is 0.271 e. The molecule has 0 aliphatic carbocycles. The molecule has 0 aliphatic heterocycles. The molecule has 3 aromatic rings. The van der Waals surface area contributed by atoms with Gasteiger partial charge in [-0.1, -0.05) is 30.0 Å². The fraction of sp³-hybridized carbons (Fsp3) is 0.0588. The van der Waals surface area contributed by atoms with E-state index in [1.165, 1.54) is 18.0 Å². The Morgan fingerprint density at radius 3 is 2.68 bits per heavy atom. The van der Waals surface area contributed by atoms with Crippen molar-refractivity contribution in [2.45, 2.75) is 5.16 Å². The van der Waals surface area contributed by atoms with E-state index in [4.69, 9.17) is 4.74 Å². The highest BCUT2D eigenvalue weighted by molar-refractivity contribution is 7.98. The number of thioether (sulfide) groups is 1. The number of benzene rings is 1. The fourth-order valence-corrected chi connectivity index (χ4v) is 2.28. The first-order chi connectivity index (χ1) is 12.2. The molecule has 126 valence electrons. The number of hydrogen-bond donors (Lipinski definition) is 2. The average Bonchev–Trinajstić information content (AvgIpc) is 2.67. The van der Waals surface area contributed by atoms with Gasteiger partial charge in [0.05, 0.1) is 5.56 Å². The molecule has 2 heterocycles. The maximum Gasteiger partial charge on any atom is 0.271 e. The van der Waals surface area contributed by atoms with Gasteiger partial charge in [-0.25, -0.2) is 4.98 Å². The number of hydrogen-bond acceptors (Lipinski definition) is 7. The molecule has 7 nitrogen and oxygen atoms in total. The van der Waals surface area contributed by atoms with E-state index in [1.54, 1.807) is 24.4 Å². The zero-order chi connectivity index (χ0) is 17.5. The summed E-state index contributed by atoms with van der Waals surface area (Å²) in [4.78, 5) is 24.6. The molecule has 0 saturated heterocycles. The lowest BCUT2D eigenvalue weighted by molar-refractivity contribution is 0.0962. The topological polar surface area (TPSA) is 89.0 Å². The molecular weight excluding hydrogens is 338 g/mol. The molecule has 0 saturated carbocycles. The Morgan fingerprint density at radius 1 is 1.12 bits per heavy atom. The van der Waals surface area contributed by atoms with Gasteiger partial charge in [-0.15, -0.1) is 0 Å². The van der Waals surface area contributed by atoms with E-state index in [0.717, 1.165) is 0 Å². The van der Waals surface area contributed by atoms with Gasteiger partial charge in [0.25, 0.3) is 5.91 Å². The number of rotatable bonds is 6. The van der Waals surface area contributed by atoms with Gasteiger partial charge in [-0.3, -0.25) is 20.6 Å². The molecule has 3 rings (SSSR count). The van der Waals surface area contributed by atoms with Gasteiger partial charge in [0, 0.05) is 18.5 Å². The van der Waals surface area contributed by atoms with Crippen molar-refractivity contribution in [1.29, 1.82) is 0 Å². The first kappa shape index (κ1) is 16.7. The van der Waals surface area contributed by atoms with Crippen LogP contribution >= 0.6 is 11.8 Å². The number of anilines is 1. The molecule has 8 heteroatoms. The number of nitrogens with zero attached hydrogens (tertiary/aromatic N) is 3. The number of para-hydroxylation sites is 1. The van der Waals surface area contributed by atoms with Crippen LogP contribution in [0.4, 0.5) is 5.82 Å². The maximum atomic E-state index is 12.1. The fourth-order valence-electron chi connectivity index (χ4n) is 1.91. The zero-order valence-electron chi connectivity index (χ0n) is 13.3. The summed E-state index contributed by atoms with van der Waals surface area (Å²) in [7, 11) is 0. The van der Waals surface area contributed by atoms with Crippen LogP contribution in [0.5, 0.6) is 11.6 Å². The van der Waals surface area contributed by atoms with Gasteiger partial charge in [0.15, 0.2) is 11.0 Å². The summed E-state index contributed by atoms with van der Waals surface area (Å²) in [5, 5.41) is 0.520. The van der Waals surface area contributed by atoms with Crippen LogP contribution in [0.3, 0.4) is 0 Å². The lowest BCUT2D eigenvalue weighted by atomic mass is 10.3. The summed E-state index contributed by atoms with van der Waals surface area (Å²) < 4.78 is 5.73. The van der Waals surface area contributed by atoms with Crippen molar-refractivity contribution in [3.8, 4) is 11.6 Å². The average molecular weight is 353 g/mol. The van der Waals surface area contributed by atoms with Crippen LogP contribution in [-0.2, 0) is 0 Å². The predicted molar refractivity (Wildman–Crippen MR) is 95.7 cm³/mol. The van der Waals surface area contributed by atoms with Gasteiger partial charge in [0.1, 0.15) is 5.75 Å². The number of hydrazine groups is 1. The van der Waals surface area contributed by atoms with Crippen LogP contribution in [0.2, 0.25) is 0 Å². The minimum Gasteiger partial charge on any atom is -0.439 e. The van der Waals surface area contributed by atoms with Crippen molar-refractivity contribution in [3.05, 3.63) is 66.5 Å².